The first-order valence-electron chi connectivity index (χ1n) is 8.10. The molecule has 0 bridgehead atoms. The number of benzene rings is 1. The Hall–Kier alpha value is -2.95. The van der Waals surface area contributed by atoms with Crippen LogP contribution in [0.2, 0.25) is 0 Å². The molecule has 2 aromatic heterocycles. The summed E-state index contributed by atoms with van der Waals surface area (Å²) in [5.41, 5.74) is 2.42. The highest BCUT2D eigenvalue weighted by Crippen LogP contribution is 2.14. The van der Waals surface area contributed by atoms with Gasteiger partial charge in [-0.2, -0.15) is 4.98 Å². The van der Waals surface area contributed by atoms with E-state index in [4.69, 9.17) is 0 Å². The molecule has 0 unspecified atom stereocenters. The fraction of sp³-hybridized carbons (Fsp3) is 0.211. The van der Waals surface area contributed by atoms with Gasteiger partial charge in [0.15, 0.2) is 0 Å². The average Bonchev–Trinajstić information content (AvgIpc) is 2.66. The molecule has 1 N–H and O–H groups in total. The molecule has 2 heterocycles. The second kappa shape index (κ2) is 8.06. The minimum absolute atomic E-state index is 0.712. The number of aromatic nitrogens is 3. The summed E-state index contributed by atoms with van der Waals surface area (Å²) in [7, 11) is 0. The first-order chi connectivity index (χ1) is 11.8. The highest BCUT2D eigenvalue weighted by molar-refractivity contribution is 5.42. The predicted molar refractivity (Wildman–Crippen MR) is 96.8 cm³/mol. The van der Waals surface area contributed by atoms with Crippen molar-refractivity contribution in [2.45, 2.75) is 20.0 Å². The predicted octanol–water partition coefficient (Wildman–Crippen LogP) is 3.51. The van der Waals surface area contributed by atoms with Crippen LogP contribution >= 0.6 is 0 Å². The minimum Gasteiger partial charge on any atom is -0.366 e. The van der Waals surface area contributed by atoms with Gasteiger partial charge in [0.25, 0.3) is 0 Å². The summed E-state index contributed by atoms with van der Waals surface area (Å²) in [5.74, 6) is 1.56. The summed E-state index contributed by atoms with van der Waals surface area (Å²) >= 11 is 0. The van der Waals surface area contributed by atoms with Gasteiger partial charge in [0.1, 0.15) is 5.82 Å². The fourth-order valence-corrected chi connectivity index (χ4v) is 2.42. The van der Waals surface area contributed by atoms with E-state index in [1.807, 2.05) is 24.3 Å². The highest BCUT2D eigenvalue weighted by atomic mass is 15.3. The molecule has 5 nitrogen and oxygen atoms in total. The molecule has 5 heteroatoms. The van der Waals surface area contributed by atoms with E-state index in [1.54, 1.807) is 18.6 Å². The van der Waals surface area contributed by atoms with E-state index < -0.39 is 0 Å². The molecule has 3 aromatic rings. The van der Waals surface area contributed by atoms with Crippen molar-refractivity contribution in [3.63, 3.8) is 0 Å². The van der Waals surface area contributed by atoms with Crippen molar-refractivity contribution in [2.75, 3.05) is 16.8 Å². The maximum absolute atomic E-state index is 4.64. The lowest BCUT2D eigenvalue weighted by molar-refractivity contribution is 0.791. The van der Waals surface area contributed by atoms with E-state index in [1.165, 1.54) is 11.1 Å². The number of rotatable bonds is 7. The van der Waals surface area contributed by atoms with Gasteiger partial charge in [-0.1, -0.05) is 30.3 Å². The van der Waals surface area contributed by atoms with Crippen LogP contribution in [-0.4, -0.2) is 21.5 Å². The molecule has 1 aromatic carbocycles. The van der Waals surface area contributed by atoms with Crippen LogP contribution in [0.5, 0.6) is 0 Å². The first kappa shape index (κ1) is 15.9. The zero-order valence-electron chi connectivity index (χ0n) is 13.8. The Morgan fingerprint density at radius 3 is 2.46 bits per heavy atom. The lowest BCUT2D eigenvalue weighted by Gasteiger charge is -2.21. The Bertz CT molecular complexity index is 746. The zero-order valence-corrected chi connectivity index (χ0v) is 13.8. The van der Waals surface area contributed by atoms with Crippen LogP contribution in [0.25, 0.3) is 0 Å². The fourth-order valence-electron chi connectivity index (χ4n) is 2.42. The second-order valence-electron chi connectivity index (χ2n) is 5.45. The molecule has 0 aliphatic carbocycles. The van der Waals surface area contributed by atoms with Gasteiger partial charge in [0.2, 0.25) is 5.95 Å². The van der Waals surface area contributed by atoms with Crippen molar-refractivity contribution in [3.05, 3.63) is 78.2 Å². The molecule has 122 valence electrons. The van der Waals surface area contributed by atoms with E-state index in [0.29, 0.717) is 6.54 Å². The molecule has 0 radical (unpaired) electrons. The van der Waals surface area contributed by atoms with E-state index >= 15 is 0 Å². The van der Waals surface area contributed by atoms with Crippen molar-refractivity contribution < 1.29 is 0 Å². The van der Waals surface area contributed by atoms with Crippen molar-refractivity contribution in [2.24, 2.45) is 0 Å². The summed E-state index contributed by atoms with van der Waals surface area (Å²) in [6, 6.07) is 16.2. The Kier molecular flexibility index (Phi) is 5.35. The number of nitrogens with one attached hydrogen (secondary N) is 1. The number of anilines is 2. The summed E-state index contributed by atoms with van der Waals surface area (Å²) in [6.07, 6.45) is 5.38. The van der Waals surface area contributed by atoms with Crippen LogP contribution in [0.1, 0.15) is 18.1 Å². The maximum atomic E-state index is 4.64. The lowest BCUT2D eigenvalue weighted by atomic mass is 10.2. The van der Waals surface area contributed by atoms with Crippen molar-refractivity contribution in [1.82, 2.24) is 15.0 Å². The monoisotopic (exact) mass is 319 g/mol. The Morgan fingerprint density at radius 1 is 0.917 bits per heavy atom. The van der Waals surface area contributed by atoms with Gasteiger partial charge in [0.05, 0.1) is 0 Å². The Morgan fingerprint density at radius 2 is 1.71 bits per heavy atom. The molecule has 0 saturated heterocycles. The maximum Gasteiger partial charge on any atom is 0.227 e. The Balaban J connectivity index is 1.69. The van der Waals surface area contributed by atoms with Crippen LogP contribution in [0.3, 0.4) is 0 Å². The van der Waals surface area contributed by atoms with Gasteiger partial charge in [-0.05, 0) is 36.2 Å². The molecule has 0 aliphatic heterocycles. The number of nitrogens with zero attached hydrogens (tertiary/aromatic N) is 4. The second-order valence-corrected chi connectivity index (χ2v) is 5.45. The average molecular weight is 319 g/mol. The van der Waals surface area contributed by atoms with E-state index in [-0.39, 0.29) is 0 Å². The molecular formula is C19H21N5. The normalized spacial score (nSPS) is 10.4. The smallest absolute Gasteiger partial charge is 0.227 e. The van der Waals surface area contributed by atoms with Crippen LogP contribution in [-0.2, 0) is 13.1 Å². The van der Waals surface area contributed by atoms with Gasteiger partial charge in [-0.15, -0.1) is 0 Å². The van der Waals surface area contributed by atoms with E-state index in [9.17, 15) is 0 Å². The van der Waals surface area contributed by atoms with Gasteiger partial charge in [-0.3, -0.25) is 4.98 Å². The Labute approximate surface area is 142 Å². The molecule has 3 rings (SSSR count). The van der Waals surface area contributed by atoms with Crippen LogP contribution in [0, 0.1) is 0 Å². The lowest BCUT2D eigenvalue weighted by Crippen LogP contribution is -2.24. The molecule has 24 heavy (non-hydrogen) atoms. The molecule has 0 fully saturated rings. The van der Waals surface area contributed by atoms with Gasteiger partial charge < -0.3 is 10.2 Å². The summed E-state index contributed by atoms with van der Waals surface area (Å²) in [4.78, 5) is 15.3. The molecular weight excluding hydrogens is 298 g/mol. The van der Waals surface area contributed by atoms with E-state index in [2.05, 4.69) is 56.4 Å². The highest BCUT2D eigenvalue weighted by Gasteiger charge is 2.09. The molecule has 0 amide bonds. The SMILES string of the molecule is CCN(Cc1ccccc1)c1nccc(NCc2ccncc2)n1. The molecule has 0 aliphatic rings. The third-order valence-corrected chi connectivity index (χ3v) is 3.75. The van der Waals surface area contributed by atoms with Crippen LogP contribution < -0.4 is 10.2 Å². The summed E-state index contributed by atoms with van der Waals surface area (Å²) in [6.45, 7) is 4.47. The van der Waals surface area contributed by atoms with E-state index in [0.717, 1.165) is 24.9 Å². The third kappa shape index (κ3) is 4.29. The zero-order chi connectivity index (χ0) is 16.6. The first-order valence-corrected chi connectivity index (χ1v) is 8.10. The molecule has 0 saturated carbocycles. The van der Waals surface area contributed by atoms with Crippen molar-refractivity contribution >= 4 is 11.8 Å². The number of pyridine rings is 1. The third-order valence-electron chi connectivity index (χ3n) is 3.75. The standard InChI is InChI=1S/C19H21N5/c1-2-24(15-17-6-4-3-5-7-17)19-21-13-10-18(23-19)22-14-16-8-11-20-12-9-16/h3-13H,2,14-15H2,1H3,(H,21,22,23). The van der Waals surface area contributed by atoms with Crippen LogP contribution in [0.4, 0.5) is 11.8 Å². The van der Waals surface area contributed by atoms with Crippen molar-refractivity contribution in [1.29, 1.82) is 0 Å². The van der Waals surface area contributed by atoms with Gasteiger partial charge in [0, 0.05) is 38.2 Å². The number of hydrogen-bond acceptors (Lipinski definition) is 5. The summed E-state index contributed by atoms with van der Waals surface area (Å²) < 4.78 is 0. The van der Waals surface area contributed by atoms with Crippen molar-refractivity contribution in [3.8, 4) is 0 Å². The quantitative estimate of drug-likeness (QED) is 0.722. The summed E-state index contributed by atoms with van der Waals surface area (Å²) in [5, 5.41) is 3.34. The number of hydrogen-bond donors (Lipinski definition) is 1. The largest absolute Gasteiger partial charge is 0.366 e. The molecule has 0 atom stereocenters. The van der Waals surface area contributed by atoms with Gasteiger partial charge >= 0.3 is 0 Å². The van der Waals surface area contributed by atoms with Gasteiger partial charge in [-0.25, -0.2) is 4.98 Å². The molecule has 0 spiro atoms. The van der Waals surface area contributed by atoms with Crippen LogP contribution in [0.15, 0.2) is 67.1 Å². The minimum atomic E-state index is 0.712. The topological polar surface area (TPSA) is 53.9 Å².